The molecule has 1 saturated heterocycles. The molecular weight excluding hydrogens is 542 g/mol. The van der Waals surface area contributed by atoms with Gasteiger partial charge in [-0.25, -0.2) is 8.42 Å². The number of benzene rings is 2. The summed E-state index contributed by atoms with van der Waals surface area (Å²) in [7, 11) is -3.94. The van der Waals surface area contributed by atoms with E-state index in [2.05, 4.69) is 10.6 Å². The predicted molar refractivity (Wildman–Crippen MR) is 148 cm³/mol. The third kappa shape index (κ3) is 6.51. The van der Waals surface area contributed by atoms with Crippen molar-refractivity contribution >= 4 is 50.2 Å². The zero-order valence-corrected chi connectivity index (χ0v) is 23.6. The Morgan fingerprint density at radius 1 is 1.15 bits per heavy atom. The van der Waals surface area contributed by atoms with Gasteiger partial charge < -0.3 is 15.1 Å². The number of Topliss-reactive ketones (excluding diaryl/α,β-unsaturated/α-hetero) is 1. The Morgan fingerprint density at radius 3 is 2.59 bits per heavy atom. The fourth-order valence-corrected chi connectivity index (χ4v) is 6.47. The fraction of sp³-hybridized carbons (Fsp3) is 0.393. The topological polar surface area (TPSA) is 126 Å². The number of nitrogens with zero attached hydrogens (tertiary/aromatic N) is 1. The Balaban J connectivity index is 1.46. The van der Waals surface area contributed by atoms with E-state index in [1.54, 1.807) is 19.1 Å². The van der Waals surface area contributed by atoms with Gasteiger partial charge in [0.1, 0.15) is 11.6 Å². The molecule has 1 aromatic heterocycles. The van der Waals surface area contributed by atoms with E-state index in [0.717, 1.165) is 9.69 Å². The first-order chi connectivity index (χ1) is 18.5. The highest BCUT2D eigenvalue weighted by molar-refractivity contribution is 7.89. The van der Waals surface area contributed by atoms with Crippen molar-refractivity contribution in [2.45, 2.75) is 57.0 Å². The van der Waals surface area contributed by atoms with Crippen LogP contribution in [0.1, 0.15) is 49.2 Å². The minimum Gasteiger partial charge on any atom is -0.451 e. The third-order valence-electron chi connectivity index (χ3n) is 6.75. The maximum atomic E-state index is 13.3. The van der Waals surface area contributed by atoms with Crippen molar-refractivity contribution in [3.8, 4) is 0 Å². The number of hydrogen-bond acceptors (Lipinski definition) is 6. The molecule has 1 aliphatic rings. The lowest BCUT2D eigenvalue weighted by Crippen LogP contribution is -2.52. The number of sulfonamides is 1. The number of nitrogens with one attached hydrogen (secondary N) is 2. The molecule has 2 amide bonds. The molecule has 2 atom stereocenters. The first-order valence-electron chi connectivity index (χ1n) is 12.8. The number of para-hydroxylation sites is 1. The molecular formula is C28H32ClN3O6S. The summed E-state index contributed by atoms with van der Waals surface area (Å²) in [6, 6.07) is 11.4. The molecule has 3 aromatic rings. The zero-order chi connectivity index (χ0) is 28.3. The highest BCUT2D eigenvalue weighted by atomic mass is 35.5. The summed E-state index contributed by atoms with van der Waals surface area (Å²) in [5.74, 6) is -1.24. The number of ketones is 1. The highest BCUT2D eigenvalue weighted by Crippen LogP contribution is 2.25. The van der Waals surface area contributed by atoms with Gasteiger partial charge in [0.05, 0.1) is 17.5 Å². The van der Waals surface area contributed by atoms with Crippen LogP contribution in [-0.2, 0) is 19.6 Å². The molecule has 2 heterocycles. The average molecular weight is 574 g/mol. The standard InChI is InChI=1S/C28H32ClN3O6S/c1-17(2)14-23(31-28(35)26-18(3)21-10-4-5-12-25(21)38-26)27(34)30-22-11-7-13-32(16-24(22)33)39(36,37)20-9-6-8-19(29)15-20/h4-6,8-10,12,15,17,22-23H,7,11,13-14,16H2,1-3H3,(H,30,34)(H,31,35)/t22?,23-/m0/s1. The first-order valence-corrected chi connectivity index (χ1v) is 14.7. The van der Waals surface area contributed by atoms with E-state index < -0.39 is 39.7 Å². The summed E-state index contributed by atoms with van der Waals surface area (Å²) in [5, 5.41) is 6.62. The normalized spacial score (nSPS) is 17.7. The zero-order valence-electron chi connectivity index (χ0n) is 22.1. The van der Waals surface area contributed by atoms with Gasteiger partial charge in [-0.3, -0.25) is 14.4 Å². The van der Waals surface area contributed by atoms with Crippen LogP contribution < -0.4 is 10.6 Å². The molecule has 11 heteroatoms. The van der Waals surface area contributed by atoms with Crippen molar-refractivity contribution in [3.05, 3.63) is 64.9 Å². The monoisotopic (exact) mass is 573 g/mol. The number of amides is 2. The second-order valence-electron chi connectivity index (χ2n) is 10.2. The molecule has 0 saturated carbocycles. The molecule has 2 N–H and O–H groups in total. The molecule has 0 radical (unpaired) electrons. The number of carbonyl (C=O) groups is 3. The lowest BCUT2D eigenvalue weighted by atomic mass is 10.0. The summed E-state index contributed by atoms with van der Waals surface area (Å²) < 4.78 is 33.1. The maximum absolute atomic E-state index is 13.3. The van der Waals surface area contributed by atoms with Gasteiger partial charge in [0.25, 0.3) is 5.91 Å². The Morgan fingerprint density at radius 2 is 1.90 bits per heavy atom. The molecule has 2 aromatic carbocycles. The minimum atomic E-state index is -3.94. The van der Waals surface area contributed by atoms with E-state index in [-0.39, 0.29) is 41.1 Å². The highest BCUT2D eigenvalue weighted by Gasteiger charge is 2.34. The quantitative estimate of drug-likeness (QED) is 0.418. The Bertz CT molecular complexity index is 1500. The van der Waals surface area contributed by atoms with Crippen LogP contribution in [0.5, 0.6) is 0 Å². The van der Waals surface area contributed by atoms with Crippen molar-refractivity contribution in [3.63, 3.8) is 0 Å². The second kappa shape index (κ2) is 11.9. The van der Waals surface area contributed by atoms with Crippen LogP contribution in [0.2, 0.25) is 5.02 Å². The van der Waals surface area contributed by atoms with Gasteiger partial charge in [0.15, 0.2) is 11.5 Å². The minimum absolute atomic E-state index is 0.00544. The average Bonchev–Trinajstić information content (AvgIpc) is 3.11. The molecule has 1 fully saturated rings. The van der Waals surface area contributed by atoms with Crippen LogP contribution in [-0.4, -0.2) is 55.5 Å². The number of halogens is 1. The van der Waals surface area contributed by atoms with Gasteiger partial charge in [0.2, 0.25) is 15.9 Å². The van der Waals surface area contributed by atoms with Crippen LogP contribution in [0.25, 0.3) is 11.0 Å². The number of rotatable bonds is 8. The molecule has 0 aliphatic carbocycles. The van der Waals surface area contributed by atoms with Crippen LogP contribution in [0.4, 0.5) is 0 Å². The van der Waals surface area contributed by atoms with Crippen molar-refractivity contribution in [1.82, 2.24) is 14.9 Å². The van der Waals surface area contributed by atoms with E-state index in [1.807, 2.05) is 32.0 Å². The molecule has 39 heavy (non-hydrogen) atoms. The Hall–Kier alpha value is -3.21. The molecule has 208 valence electrons. The van der Waals surface area contributed by atoms with Crippen LogP contribution in [0, 0.1) is 12.8 Å². The van der Waals surface area contributed by atoms with Gasteiger partial charge in [-0.1, -0.05) is 49.7 Å². The van der Waals surface area contributed by atoms with E-state index in [1.165, 1.54) is 18.2 Å². The number of hydrogen-bond donors (Lipinski definition) is 2. The number of carbonyl (C=O) groups excluding carboxylic acids is 3. The Labute approximate surface area is 232 Å². The number of furan rings is 1. The number of aryl methyl sites for hydroxylation is 1. The van der Waals surface area contributed by atoms with Crippen LogP contribution in [0.15, 0.2) is 57.8 Å². The summed E-state index contributed by atoms with van der Waals surface area (Å²) in [6.45, 7) is 5.39. The van der Waals surface area contributed by atoms with E-state index in [0.29, 0.717) is 24.0 Å². The summed E-state index contributed by atoms with van der Waals surface area (Å²) in [5.41, 5.74) is 1.25. The van der Waals surface area contributed by atoms with Gasteiger partial charge >= 0.3 is 0 Å². The first kappa shape index (κ1) is 28.8. The summed E-state index contributed by atoms with van der Waals surface area (Å²) in [6.07, 6.45) is 0.986. The smallest absolute Gasteiger partial charge is 0.287 e. The van der Waals surface area contributed by atoms with Crippen molar-refractivity contribution in [1.29, 1.82) is 0 Å². The van der Waals surface area contributed by atoms with Gasteiger partial charge in [-0.15, -0.1) is 0 Å². The second-order valence-corrected chi connectivity index (χ2v) is 12.5. The fourth-order valence-electron chi connectivity index (χ4n) is 4.72. The molecule has 1 unspecified atom stereocenters. The molecule has 1 aliphatic heterocycles. The third-order valence-corrected chi connectivity index (χ3v) is 8.83. The predicted octanol–water partition coefficient (Wildman–Crippen LogP) is 4.08. The largest absolute Gasteiger partial charge is 0.451 e. The lowest BCUT2D eigenvalue weighted by molar-refractivity contribution is -0.129. The molecule has 4 rings (SSSR count). The van der Waals surface area contributed by atoms with Crippen molar-refractivity contribution < 1.29 is 27.2 Å². The molecule has 0 bridgehead atoms. The molecule has 0 spiro atoms. The van der Waals surface area contributed by atoms with Gasteiger partial charge in [-0.2, -0.15) is 4.31 Å². The van der Waals surface area contributed by atoms with Crippen LogP contribution in [0.3, 0.4) is 0 Å². The van der Waals surface area contributed by atoms with E-state index in [4.69, 9.17) is 16.0 Å². The van der Waals surface area contributed by atoms with E-state index >= 15 is 0 Å². The van der Waals surface area contributed by atoms with Gasteiger partial charge in [-0.05, 0) is 56.4 Å². The number of fused-ring (bicyclic) bond motifs is 1. The van der Waals surface area contributed by atoms with Crippen molar-refractivity contribution in [2.75, 3.05) is 13.1 Å². The SMILES string of the molecule is Cc1c(C(=O)N[C@@H](CC(C)C)C(=O)NC2CCCN(S(=O)(=O)c3cccc(Cl)c3)CC2=O)oc2ccccc12. The Kier molecular flexibility index (Phi) is 8.78. The molecule has 9 nitrogen and oxygen atoms in total. The summed E-state index contributed by atoms with van der Waals surface area (Å²) >= 11 is 5.97. The van der Waals surface area contributed by atoms with Crippen molar-refractivity contribution in [2.24, 2.45) is 5.92 Å². The van der Waals surface area contributed by atoms with Gasteiger partial charge in [0, 0.05) is 22.5 Å². The lowest BCUT2D eigenvalue weighted by Gasteiger charge is -2.23. The summed E-state index contributed by atoms with van der Waals surface area (Å²) in [4.78, 5) is 39.5. The van der Waals surface area contributed by atoms with E-state index in [9.17, 15) is 22.8 Å². The van der Waals surface area contributed by atoms with Crippen LogP contribution >= 0.6 is 11.6 Å². The maximum Gasteiger partial charge on any atom is 0.287 e.